The normalized spacial score (nSPS) is 20.1. The van der Waals surface area contributed by atoms with Crippen molar-refractivity contribution in [3.63, 3.8) is 0 Å². The molecule has 2 atom stereocenters. The lowest BCUT2D eigenvalue weighted by Gasteiger charge is -2.27. The summed E-state index contributed by atoms with van der Waals surface area (Å²) in [6, 6.07) is 1.39. The molecule has 6 heteroatoms. The van der Waals surface area contributed by atoms with Gasteiger partial charge in [0.1, 0.15) is 11.9 Å². The Morgan fingerprint density at radius 2 is 2.16 bits per heavy atom. The summed E-state index contributed by atoms with van der Waals surface area (Å²) in [5.41, 5.74) is 6.00. The topological polar surface area (TPSA) is 58.7 Å². The molecule has 2 rings (SSSR count). The molecule has 1 aliphatic rings. The molecule has 2 N–H and O–H groups in total. The molecule has 0 bridgehead atoms. The van der Waals surface area contributed by atoms with Crippen molar-refractivity contribution in [3.8, 4) is 12.3 Å². The van der Waals surface area contributed by atoms with E-state index >= 15 is 0 Å². The molecule has 1 heterocycles. The third kappa shape index (κ3) is 2.15. The van der Waals surface area contributed by atoms with E-state index in [1.54, 1.807) is 6.92 Å². The van der Waals surface area contributed by atoms with Gasteiger partial charge in [-0.3, -0.25) is 4.90 Å². The van der Waals surface area contributed by atoms with Crippen LogP contribution in [0.3, 0.4) is 0 Å². The number of amidine groups is 1. The number of hydrogen-bond donors (Lipinski definition) is 1. The summed E-state index contributed by atoms with van der Waals surface area (Å²) >= 11 is 0. The Morgan fingerprint density at radius 3 is 2.74 bits per heavy atom. The Bertz CT molecular complexity index is 606. The van der Waals surface area contributed by atoms with Crippen molar-refractivity contribution in [2.45, 2.75) is 19.0 Å². The molecule has 0 spiro atoms. The predicted octanol–water partition coefficient (Wildman–Crippen LogP) is 1.82. The molecule has 1 aromatic rings. The fourth-order valence-corrected chi connectivity index (χ4v) is 1.97. The molecular formula is C13H11F2N3O. The van der Waals surface area contributed by atoms with Crippen LogP contribution in [0.4, 0.5) is 13.6 Å². The smallest absolute Gasteiger partial charge is 0.347 e. The van der Waals surface area contributed by atoms with Crippen LogP contribution >= 0.6 is 0 Å². The van der Waals surface area contributed by atoms with Crippen molar-refractivity contribution in [1.29, 1.82) is 0 Å². The number of hydrogen-bond acceptors (Lipinski definition) is 2. The number of amides is 2. The largest absolute Gasteiger partial charge is 0.385 e. The fraction of sp³-hybridized carbons (Fsp3) is 0.231. The molecule has 1 aromatic carbocycles. The molecule has 0 aromatic heterocycles. The van der Waals surface area contributed by atoms with Crippen LogP contribution in [-0.4, -0.2) is 22.8 Å². The van der Waals surface area contributed by atoms with E-state index in [4.69, 9.17) is 12.2 Å². The highest BCUT2D eigenvalue weighted by Crippen LogP contribution is 2.29. The highest BCUT2D eigenvalue weighted by atomic mass is 19.2. The highest BCUT2D eigenvalue weighted by Gasteiger charge is 2.37. The van der Waals surface area contributed by atoms with Gasteiger partial charge in [-0.25, -0.2) is 13.6 Å². The Balaban J connectivity index is 2.46. The molecule has 2 unspecified atom stereocenters. The van der Waals surface area contributed by atoms with Crippen molar-refractivity contribution in [2.24, 2.45) is 10.7 Å². The minimum absolute atomic E-state index is 0.0121. The van der Waals surface area contributed by atoms with Gasteiger partial charge in [-0.15, -0.1) is 6.42 Å². The maximum absolute atomic E-state index is 13.3. The summed E-state index contributed by atoms with van der Waals surface area (Å²) in [6.45, 7) is 1.62. The average molecular weight is 263 g/mol. The van der Waals surface area contributed by atoms with Crippen LogP contribution in [-0.2, 0) is 0 Å². The zero-order chi connectivity index (χ0) is 14.2. The predicted molar refractivity (Wildman–Crippen MR) is 66.3 cm³/mol. The van der Waals surface area contributed by atoms with Gasteiger partial charge in [0.05, 0.1) is 6.04 Å². The Hall–Kier alpha value is -2.42. The number of terminal acetylenes is 1. The standard InChI is InChI=1S/C13H11F2N3O/c1-3-7(2)18-11(12(16)17-13(18)19)8-4-5-9(14)10(15)6-8/h1,4-7,11H,2H3,(H2,16,17,19). The number of carbonyl (C=O) groups excluding carboxylic acids is 1. The number of rotatable bonds is 2. The first-order chi connectivity index (χ1) is 8.95. The Labute approximate surface area is 108 Å². The second kappa shape index (κ2) is 4.69. The summed E-state index contributed by atoms with van der Waals surface area (Å²) in [5.74, 6) is 0.416. The molecule has 98 valence electrons. The maximum atomic E-state index is 13.3. The third-order valence-corrected chi connectivity index (χ3v) is 2.92. The maximum Gasteiger partial charge on any atom is 0.347 e. The van der Waals surface area contributed by atoms with E-state index in [1.807, 2.05) is 0 Å². The number of carbonyl (C=O) groups is 1. The number of urea groups is 1. The van der Waals surface area contributed by atoms with Crippen LogP contribution in [0.15, 0.2) is 23.2 Å². The summed E-state index contributed by atoms with van der Waals surface area (Å²) in [5, 5.41) is 0. The molecule has 0 radical (unpaired) electrons. The van der Waals surface area contributed by atoms with E-state index in [0.717, 1.165) is 12.1 Å². The first-order valence-corrected chi connectivity index (χ1v) is 5.53. The van der Waals surface area contributed by atoms with E-state index in [2.05, 4.69) is 10.9 Å². The van der Waals surface area contributed by atoms with Gasteiger partial charge < -0.3 is 5.73 Å². The van der Waals surface area contributed by atoms with Gasteiger partial charge in [-0.1, -0.05) is 12.0 Å². The number of nitrogens with zero attached hydrogens (tertiary/aromatic N) is 2. The van der Waals surface area contributed by atoms with Crippen molar-refractivity contribution < 1.29 is 13.6 Å². The second-order valence-electron chi connectivity index (χ2n) is 4.15. The molecule has 4 nitrogen and oxygen atoms in total. The lowest BCUT2D eigenvalue weighted by Crippen LogP contribution is -2.39. The third-order valence-electron chi connectivity index (χ3n) is 2.92. The van der Waals surface area contributed by atoms with Crippen LogP contribution < -0.4 is 5.73 Å². The molecule has 0 saturated carbocycles. The molecule has 19 heavy (non-hydrogen) atoms. The lowest BCUT2D eigenvalue weighted by atomic mass is 10.0. The fourth-order valence-electron chi connectivity index (χ4n) is 1.97. The highest BCUT2D eigenvalue weighted by molar-refractivity contribution is 6.03. The SMILES string of the molecule is C#CC(C)N1C(=O)N=C(N)C1c1ccc(F)c(F)c1. The summed E-state index contributed by atoms with van der Waals surface area (Å²) in [6.07, 6.45) is 5.28. The van der Waals surface area contributed by atoms with E-state index in [1.165, 1.54) is 11.0 Å². The molecule has 0 fully saturated rings. The van der Waals surface area contributed by atoms with E-state index in [-0.39, 0.29) is 5.84 Å². The zero-order valence-electron chi connectivity index (χ0n) is 10.1. The van der Waals surface area contributed by atoms with E-state index < -0.39 is 29.7 Å². The number of halogens is 2. The van der Waals surface area contributed by atoms with Gasteiger partial charge in [-0.05, 0) is 24.6 Å². The molecule has 0 saturated heterocycles. The Morgan fingerprint density at radius 1 is 1.47 bits per heavy atom. The van der Waals surface area contributed by atoms with Gasteiger partial charge in [-0.2, -0.15) is 4.99 Å². The van der Waals surface area contributed by atoms with Crippen LogP contribution in [0, 0.1) is 24.0 Å². The number of benzene rings is 1. The average Bonchev–Trinajstić information content (AvgIpc) is 2.67. The molecule has 0 aliphatic carbocycles. The minimum atomic E-state index is -1.02. The van der Waals surface area contributed by atoms with Crippen LogP contribution in [0.2, 0.25) is 0 Å². The van der Waals surface area contributed by atoms with Gasteiger partial charge >= 0.3 is 6.03 Å². The van der Waals surface area contributed by atoms with Crippen molar-refractivity contribution in [1.82, 2.24) is 4.90 Å². The zero-order valence-corrected chi connectivity index (χ0v) is 10.1. The summed E-state index contributed by atoms with van der Waals surface area (Å²) in [7, 11) is 0. The van der Waals surface area contributed by atoms with Crippen molar-refractivity contribution >= 4 is 11.9 Å². The lowest BCUT2D eigenvalue weighted by molar-refractivity contribution is 0.199. The first kappa shape index (κ1) is 13.0. The Kier molecular flexibility index (Phi) is 3.21. The van der Waals surface area contributed by atoms with Crippen LogP contribution in [0.5, 0.6) is 0 Å². The van der Waals surface area contributed by atoms with Gasteiger partial charge in [0.2, 0.25) is 0 Å². The minimum Gasteiger partial charge on any atom is -0.385 e. The summed E-state index contributed by atoms with van der Waals surface area (Å²) < 4.78 is 26.2. The summed E-state index contributed by atoms with van der Waals surface area (Å²) in [4.78, 5) is 16.6. The first-order valence-electron chi connectivity index (χ1n) is 5.53. The van der Waals surface area contributed by atoms with Gasteiger partial charge in [0.15, 0.2) is 11.6 Å². The van der Waals surface area contributed by atoms with Crippen molar-refractivity contribution in [3.05, 3.63) is 35.4 Å². The number of aliphatic imine (C=N–C) groups is 1. The van der Waals surface area contributed by atoms with E-state index in [0.29, 0.717) is 5.56 Å². The number of nitrogens with two attached hydrogens (primary N) is 1. The molecule has 1 aliphatic heterocycles. The molecule has 2 amide bonds. The quantitative estimate of drug-likeness (QED) is 0.827. The van der Waals surface area contributed by atoms with E-state index in [9.17, 15) is 13.6 Å². The van der Waals surface area contributed by atoms with Crippen LogP contribution in [0.25, 0.3) is 0 Å². The van der Waals surface area contributed by atoms with Gasteiger partial charge in [0.25, 0.3) is 0 Å². The van der Waals surface area contributed by atoms with Crippen LogP contribution in [0.1, 0.15) is 18.5 Å². The van der Waals surface area contributed by atoms with Gasteiger partial charge in [0, 0.05) is 0 Å². The molecular weight excluding hydrogens is 252 g/mol. The van der Waals surface area contributed by atoms with Crippen molar-refractivity contribution in [2.75, 3.05) is 0 Å². The monoisotopic (exact) mass is 263 g/mol. The second-order valence-corrected chi connectivity index (χ2v) is 4.15.